The van der Waals surface area contributed by atoms with Crippen molar-refractivity contribution in [1.29, 1.82) is 0 Å². The fourth-order valence-electron chi connectivity index (χ4n) is 2.79. The van der Waals surface area contributed by atoms with Gasteiger partial charge in [-0.2, -0.15) is 0 Å². The van der Waals surface area contributed by atoms with E-state index >= 15 is 0 Å². The number of carbonyl (C=O) groups excluding carboxylic acids is 2. The van der Waals surface area contributed by atoms with E-state index in [1.165, 1.54) is 4.90 Å². The predicted octanol–water partition coefficient (Wildman–Crippen LogP) is 3.40. The van der Waals surface area contributed by atoms with Gasteiger partial charge in [0.15, 0.2) is 0 Å². The maximum absolute atomic E-state index is 12.4. The summed E-state index contributed by atoms with van der Waals surface area (Å²) >= 11 is 0. The highest BCUT2D eigenvalue weighted by molar-refractivity contribution is 5.93. The molecule has 4 heteroatoms. The van der Waals surface area contributed by atoms with Gasteiger partial charge in [-0.05, 0) is 17.9 Å². The SMILES string of the molecule is CCCC(C)CC(=O)N1C(=O)OCC1Cc1ccccc1. The van der Waals surface area contributed by atoms with Crippen molar-refractivity contribution in [2.75, 3.05) is 6.61 Å². The second-order valence-corrected chi connectivity index (χ2v) is 5.78. The summed E-state index contributed by atoms with van der Waals surface area (Å²) in [7, 11) is 0. The van der Waals surface area contributed by atoms with Crippen LogP contribution < -0.4 is 0 Å². The molecule has 0 saturated carbocycles. The van der Waals surface area contributed by atoms with Crippen LogP contribution in [0.4, 0.5) is 4.79 Å². The molecule has 1 heterocycles. The second-order valence-electron chi connectivity index (χ2n) is 5.78. The highest BCUT2D eigenvalue weighted by Crippen LogP contribution is 2.21. The molecule has 0 bridgehead atoms. The average molecular weight is 289 g/mol. The van der Waals surface area contributed by atoms with E-state index in [2.05, 4.69) is 13.8 Å². The maximum Gasteiger partial charge on any atom is 0.416 e. The highest BCUT2D eigenvalue weighted by atomic mass is 16.6. The van der Waals surface area contributed by atoms with Gasteiger partial charge < -0.3 is 4.74 Å². The van der Waals surface area contributed by atoms with Gasteiger partial charge in [-0.15, -0.1) is 0 Å². The van der Waals surface area contributed by atoms with Crippen molar-refractivity contribution >= 4 is 12.0 Å². The Morgan fingerprint density at radius 2 is 2.10 bits per heavy atom. The van der Waals surface area contributed by atoms with Crippen LogP contribution in [0.25, 0.3) is 0 Å². The largest absolute Gasteiger partial charge is 0.447 e. The van der Waals surface area contributed by atoms with Gasteiger partial charge in [-0.1, -0.05) is 57.0 Å². The number of hydrogen-bond acceptors (Lipinski definition) is 3. The zero-order chi connectivity index (χ0) is 15.2. The number of imide groups is 1. The van der Waals surface area contributed by atoms with E-state index in [0.717, 1.165) is 18.4 Å². The van der Waals surface area contributed by atoms with Gasteiger partial charge in [0.2, 0.25) is 5.91 Å². The topological polar surface area (TPSA) is 46.6 Å². The second kappa shape index (κ2) is 7.25. The van der Waals surface area contributed by atoms with Crippen molar-refractivity contribution < 1.29 is 14.3 Å². The first-order valence-corrected chi connectivity index (χ1v) is 7.64. The minimum atomic E-state index is -0.496. The van der Waals surface area contributed by atoms with Crippen molar-refractivity contribution in [2.24, 2.45) is 5.92 Å². The number of amides is 2. The third-order valence-corrected chi connectivity index (χ3v) is 3.85. The lowest BCUT2D eigenvalue weighted by molar-refractivity contribution is -0.130. The van der Waals surface area contributed by atoms with Crippen LogP contribution in [0.2, 0.25) is 0 Å². The summed E-state index contributed by atoms with van der Waals surface area (Å²) in [6.07, 6.45) is 2.61. The molecule has 0 N–H and O–H groups in total. The van der Waals surface area contributed by atoms with Gasteiger partial charge in [0.05, 0.1) is 6.04 Å². The molecular weight excluding hydrogens is 266 g/mol. The predicted molar refractivity (Wildman–Crippen MR) is 80.8 cm³/mol. The number of carbonyl (C=O) groups is 2. The summed E-state index contributed by atoms with van der Waals surface area (Å²) in [6.45, 7) is 4.44. The van der Waals surface area contributed by atoms with Crippen molar-refractivity contribution in [3.05, 3.63) is 35.9 Å². The van der Waals surface area contributed by atoms with Crippen LogP contribution in [0.3, 0.4) is 0 Å². The van der Waals surface area contributed by atoms with Crippen LogP contribution in [0, 0.1) is 5.92 Å². The molecule has 1 aliphatic heterocycles. The Morgan fingerprint density at radius 1 is 1.38 bits per heavy atom. The zero-order valence-corrected chi connectivity index (χ0v) is 12.7. The number of benzene rings is 1. The highest BCUT2D eigenvalue weighted by Gasteiger charge is 2.37. The van der Waals surface area contributed by atoms with E-state index in [0.29, 0.717) is 25.4 Å². The fourth-order valence-corrected chi connectivity index (χ4v) is 2.79. The summed E-state index contributed by atoms with van der Waals surface area (Å²) in [5, 5.41) is 0. The van der Waals surface area contributed by atoms with Crippen molar-refractivity contribution in [3.63, 3.8) is 0 Å². The molecule has 1 aromatic carbocycles. The fraction of sp³-hybridized carbons (Fsp3) is 0.529. The molecule has 21 heavy (non-hydrogen) atoms. The Morgan fingerprint density at radius 3 is 2.76 bits per heavy atom. The summed E-state index contributed by atoms with van der Waals surface area (Å²) in [6, 6.07) is 9.71. The molecule has 0 spiro atoms. The standard InChI is InChI=1S/C17H23NO3/c1-3-7-13(2)10-16(19)18-15(12-21-17(18)20)11-14-8-5-4-6-9-14/h4-6,8-9,13,15H,3,7,10-12H2,1-2H3. The van der Waals surface area contributed by atoms with Crippen molar-refractivity contribution in [3.8, 4) is 0 Å². The molecule has 2 amide bonds. The zero-order valence-electron chi connectivity index (χ0n) is 12.7. The normalized spacial score (nSPS) is 19.4. The van der Waals surface area contributed by atoms with Gasteiger partial charge in [-0.3, -0.25) is 4.79 Å². The van der Waals surface area contributed by atoms with E-state index in [1.54, 1.807) is 0 Å². The monoisotopic (exact) mass is 289 g/mol. The maximum atomic E-state index is 12.4. The van der Waals surface area contributed by atoms with E-state index < -0.39 is 6.09 Å². The van der Waals surface area contributed by atoms with Crippen LogP contribution in [0.15, 0.2) is 30.3 Å². The molecule has 1 fully saturated rings. The molecule has 0 aromatic heterocycles. The Hall–Kier alpha value is -1.84. The molecule has 114 valence electrons. The van der Waals surface area contributed by atoms with Gasteiger partial charge in [0.25, 0.3) is 0 Å². The molecule has 0 aliphatic carbocycles. The smallest absolute Gasteiger partial charge is 0.416 e. The number of cyclic esters (lactones) is 1. The van der Waals surface area contributed by atoms with Crippen LogP contribution >= 0.6 is 0 Å². The first-order chi connectivity index (χ1) is 10.1. The summed E-state index contributed by atoms with van der Waals surface area (Å²) < 4.78 is 5.08. The lowest BCUT2D eigenvalue weighted by Gasteiger charge is -2.21. The quantitative estimate of drug-likeness (QED) is 0.806. The van der Waals surface area contributed by atoms with Gasteiger partial charge >= 0.3 is 6.09 Å². The van der Waals surface area contributed by atoms with Gasteiger partial charge in [0.1, 0.15) is 6.61 Å². The number of nitrogens with zero attached hydrogens (tertiary/aromatic N) is 1. The van der Waals surface area contributed by atoms with Crippen molar-refractivity contribution in [2.45, 2.75) is 45.6 Å². The van der Waals surface area contributed by atoms with E-state index in [9.17, 15) is 9.59 Å². The van der Waals surface area contributed by atoms with Crippen LogP contribution in [0.1, 0.15) is 38.7 Å². The minimum Gasteiger partial charge on any atom is -0.447 e. The first kappa shape index (κ1) is 15.5. The molecule has 1 saturated heterocycles. The van der Waals surface area contributed by atoms with Gasteiger partial charge in [0, 0.05) is 6.42 Å². The first-order valence-electron chi connectivity index (χ1n) is 7.64. The number of ether oxygens (including phenoxy) is 1. The van der Waals surface area contributed by atoms with E-state index in [4.69, 9.17) is 4.74 Å². The van der Waals surface area contributed by atoms with Crippen LogP contribution in [0.5, 0.6) is 0 Å². The van der Waals surface area contributed by atoms with Crippen LogP contribution in [-0.2, 0) is 16.0 Å². The Balaban J connectivity index is 2.01. The van der Waals surface area contributed by atoms with Crippen LogP contribution in [-0.4, -0.2) is 29.5 Å². The Labute approximate surface area is 126 Å². The lowest BCUT2D eigenvalue weighted by Crippen LogP contribution is -2.40. The number of hydrogen-bond donors (Lipinski definition) is 0. The van der Waals surface area contributed by atoms with Crippen molar-refractivity contribution in [1.82, 2.24) is 4.90 Å². The summed E-state index contributed by atoms with van der Waals surface area (Å²) in [5.74, 6) is 0.188. The third-order valence-electron chi connectivity index (χ3n) is 3.85. The summed E-state index contributed by atoms with van der Waals surface area (Å²) in [5.41, 5.74) is 1.11. The molecule has 1 aromatic rings. The molecule has 0 radical (unpaired) electrons. The molecule has 2 rings (SSSR count). The Kier molecular flexibility index (Phi) is 5.37. The van der Waals surface area contributed by atoms with E-state index in [1.807, 2.05) is 30.3 Å². The third kappa shape index (κ3) is 4.06. The molecule has 1 aliphatic rings. The Bertz CT molecular complexity index is 486. The minimum absolute atomic E-state index is 0.112. The van der Waals surface area contributed by atoms with Gasteiger partial charge in [-0.25, -0.2) is 9.69 Å². The summed E-state index contributed by atoms with van der Waals surface area (Å²) in [4.78, 5) is 25.5. The lowest BCUT2D eigenvalue weighted by atomic mass is 10.0. The molecular formula is C17H23NO3. The molecule has 2 unspecified atom stereocenters. The molecule has 2 atom stereocenters. The average Bonchev–Trinajstić information content (AvgIpc) is 2.81. The number of rotatable bonds is 6. The molecule has 4 nitrogen and oxygen atoms in total. The van der Waals surface area contributed by atoms with E-state index in [-0.39, 0.29) is 11.9 Å².